The summed E-state index contributed by atoms with van der Waals surface area (Å²) in [6.45, 7) is 7.01. The molecular formula is C29H35N3O5S. The summed E-state index contributed by atoms with van der Waals surface area (Å²) in [7, 11) is 0. The third-order valence-electron chi connectivity index (χ3n) is 7.05. The maximum Gasteiger partial charge on any atom is 0.236 e. The maximum atomic E-state index is 13.4. The molecule has 3 N–H and O–H groups in total. The van der Waals surface area contributed by atoms with E-state index in [0.29, 0.717) is 29.2 Å². The Hall–Kier alpha value is -3.14. The minimum absolute atomic E-state index is 0.0198. The van der Waals surface area contributed by atoms with Gasteiger partial charge < -0.3 is 30.0 Å². The Kier molecular flexibility index (Phi) is 7.88. The van der Waals surface area contributed by atoms with E-state index >= 15 is 0 Å². The Morgan fingerprint density at radius 2 is 1.97 bits per heavy atom. The number of hydrogen-bond acceptors (Lipinski definition) is 8. The Labute approximate surface area is 227 Å². The highest BCUT2D eigenvalue weighted by Crippen LogP contribution is 2.51. The monoisotopic (exact) mass is 537 g/mol. The van der Waals surface area contributed by atoms with Crippen LogP contribution in [-0.2, 0) is 10.2 Å². The highest BCUT2D eigenvalue weighted by atomic mass is 32.1. The maximum absolute atomic E-state index is 13.4. The van der Waals surface area contributed by atoms with Crippen molar-refractivity contribution >= 4 is 22.4 Å². The van der Waals surface area contributed by atoms with E-state index in [2.05, 4.69) is 29.5 Å². The number of nitrogens with zero attached hydrogens (tertiary/aromatic N) is 1. The van der Waals surface area contributed by atoms with Gasteiger partial charge in [-0.3, -0.25) is 4.79 Å². The lowest BCUT2D eigenvalue weighted by Gasteiger charge is -2.26. The number of carbonyl (C=O) groups excluding carboxylic acids is 1. The van der Waals surface area contributed by atoms with Crippen molar-refractivity contribution in [1.82, 2.24) is 10.3 Å². The number of carbonyl (C=O) groups is 1. The molecule has 1 fully saturated rings. The van der Waals surface area contributed by atoms with E-state index in [0.717, 1.165) is 41.0 Å². The first kappa shape index (κ1) is 26.5. The lowest BCUT2D eigenvalue weighted by Crippen LogP contribution is -2.37. The first-order chi connectivity index (χ1) is 18.4. The number of benzene rings is 2. The standard InChI is InChI=1S/C29H35N3O5S/c1-4-35-22-8-6-5-7-21(22)26(31-20(16-33)13-18(2)3)25-15-30-28(38-25)32-27(34)29(11-12-29)19-9-10-23-24(14-19)37-17-36-23/h5-10,14-15,18,20,26,31,33H,4,11-13,16-17H2,1-3H3,(H,30,32,34). The van der Waals surface area contributed by atoms with Gasteiger partial charge in [0.25, 0.3) is 0 Å². The smallest absolute Gasteiger partial charge is 0.236 e. The summed E-state index contributed by atoms with van der Waals surface area (Å²) in [4.78, 5) is 18.9. The molecule has 1 aromatic heterocycles. The largest absolute Gasteiger partial charge is 0.494 e. The molecule has 1 amide bonds. The summed E-state index contributed by atoms with van der Waals surface area (Å²) < 4.78 is 16.9. The fourth-order valence-electron chi connectivity index (χ4n) is 4.99. The number of amides is 1. The number of hydrogen-bond donors (Lipinski definition) is 3. The number of para-hydroxylation sites is 1. The topological polar surface area (TPSA) is 102 Å². The van der Waals surface area contributed by atoms with Crippen LogP contribution in [0.15, 0.2) is 48.7 Å². The number of anilines is 1. The van der Waals surface area contributed by atoms with Gasteiger partial charge in [0.05, 0.1) is 24.7 Å². The van der Waals surface area contributed by atoms with Gasteiger partial charge in [-0.15, -0.1) is 0 Å². The van der Waals surface area contributed by atoms with E-state index in [1.54, 1.807) is 6.20 Å². The Morgan fingerprint density at radius 1 is 1.18 bits per heavy atom. The molecule has 2 atom stereocenters. The van der Waals surface area contributed by atoms with Crippen molar-refractivity contribution in [2.75, 3.05) is 25.3 Å². The van der Waals surface area contributed by atoms with Crippen LogP contribution in [0.1, 0.15) is 62.1 Å². The number of aromatic nitrogens is 1. The van der Waals surface area contributed by atoms with Gasteiger partial charge in [-0.1, -0.05) is 49.4 Å². The van der Waals surface area contributed by atoms with Crippen LogP contribution in [0.4, 0.5) is 5.13 Å². The van der Waals surface area contributed by atoms with Gasteiger partial charge in [-0.2, -0.15) is 0 Å². The molecule has 2 unspecified atom stereocenters. The van der Waals surface area contributed by atoms with Crippen LogP contribution >= 0.6 is 11.3 Å². The number of ether oxygens (including phenoxy) is 3. The molecule has 0 radical (unpaired) electrons. The van der Waals surface area contributed by atoms with E-state index in [1.165, 1.54) is 11.3 Å². The quantitative estimate of drug-likeness (QED) is 0.298. The summed E-state index contributed by atoms with van der Waals surface area (Å²) >= 11 is 1.43. The molecule has 2 aromatic carbocycles. The molecule has 0 saturated heterocycles. The number of fused-ring (bicyclic) bond motifs is 1. The number of nitrogens with one attached hydrogen (secondary N) is 2. The van der Waals surface area contributed by atoms with E-state index in [4.69, 9.17) is 14.2 Å². The number of rotatable bonds is 12. The van der Waals surface area contributed by atoms with Crippen LogP contribution in [0.2, 0.25) is 0 Å². The summed E-state index contributed by atoms with van der Waals surface area (Å²) in [5, 5.41) is 17.3. The third-order valence-corrected chi connectivity index (χ3v) is 8.02. The fourth-order valence-corrected chi connectivity index (χ4v) is 5.88. The van der Waals surface area contributed by atoms with E-state index < -0.39 is 5.41 Å². The van der Waals surface area contributed by atoms with Gasteiger partial charge in [0.1, 0.15) is 5.75 Å². The van der Waals surface area contributed by atoms with Crippen molar-refractivity contribution in [2.45, 2.75) is 57.5 Å². The Balaban J connectivity index is 1.38. The van der Waals surface area contributed by atoms with E-state index in [-0.39, 0.29) is 31.4 Å². The average Bonchev–Trinajstić information content (AvgIpc) is 3.37. The molecule has 8 nitrogen and oxygen atoms in total. The first-order valence-corrected chi connectivity index (χ1v) is 14.0. The Morgan fingerprint density at radius 3 is 2.71 bits per heavy atom. The highest BCUT2D eigenvalue weighted by Gasteiger charge is 2.52. The summed E-state index contributed by atoms with van der Waals surface area (Å²) in [6, 6.07) is 13.3. The molecule has 3 aromatic rings. The van der Waals surface area contributed by atoms with Gasteiger partial charge in [0, 0.05) is 22.7 Å². The molecule has 1 saturated carbocycles. The minimum Gasteiger partial charge on any atom is -0.494 e. The van der Waals surface area contributed by atoms with E-state index in [1.807, 2.05) is 49.4 Å². The van der Waals surface area contributed by atoms with Gasteiger partial charge in [-0.05, 0) is 55.9 Å². The van der Waals surface area contributed by atoms with E-state index in [9.17, 15) is 9.90 Å². The molecule has 5 rings (SSSR count). The zero-order valence-corrected chi connectivity index (χ0v) is 22.8. The van der Waals surface area contributed by atoms with Crippen molar-refractivity contribution in [1.29, 1.82) is 0 Å². The normalized spacial score (nSPS) is 16.8. The second kappa shape index (κ2) is 11.3. The lowest BCUT2D eigenvalue weighted by atomic mass is 9.94. The SMILES string of the molecule is CCOc1ccccc1C(NC(CO)CC(C)C)c1cnc(NC(=O)C2(c3ccc4c(c3)OCO4)CC2)s1. The molecular weight excluding hydrogens is 502 g/mol. The second-order valence-corrected chi connectivity index (χ2v) is 11.3. The predicted molar refractivity (Wildman–Crippen MR) is 147 cm³/mol. The molecule has 0 bridgehead atoms. The van der Waals surface area contributed by atoms with Crippen LogP contribution in [0.5, 0.6) is 17.2 Å². The van der Waals surface area contributed by atoms with Gasteiger partial charge in [0.15, 0.2) is 16.6 Å². The van der Waals surface area contributed by atoms with Gasteiger partial charge >= 0.3 is 0 Å². The molecule has 1 aliphatic carbocycles. The zero-order valence-electron chi connectivity index (χ0n) is 22.0. The third kappa shape index (κ3) is 5.50. The van der Waals surface area contributed by atoms with Crippen molar-refractivity contribution < 1.29 is 24.1 Å². The van der Waals surface area contributed by atoms with Crippen molar-refractivity contribution in [3.63, 3.8) is 0 Å². The summed E-state index contributed by atoms with van der Waals surface area (Å²) in [5.41, 5.74) is 1.32. The predicted octanol–water partition coefficient (Wildman–Crippen LogP) is 5.03. The number of thiazole rings is 1. The zero-order chi connectivity index (χ0) is 26.7. The van der Waals surface area contributed by atoms with Crippen molar-refractivity contribution in [3.05, 3.63) is 64.7 Å². The Bertz CT molecular complexity index is 1270. The second-order valence-electron chi connectivity index (χ2n) is 10.3. The molecule has 2 heterocycles. The van der Waals surface area contributed by atoms with Crippen LogP contribution in [0.3, 0.4) is 0 Å². The molecule has 9 heteroatoms. The summed E-state index contributed by atoms with van der Waals surface area (Å²) in [5.74, 6) is 2.53. The first-order valence-electron chi connectivity index (χ1n) is 13.2. The number of aliphatic hydroxyl groups is 1. The highest BCUT2D eigenvalue weighted by molar-refractivity contribution is 7.15. The van der Waals surface area contributed by atoms with Crippen LogP contribution in [-0.4, -0.2) is 42.0 Å². The molecule has 2 aliphatic rings. The van der Waals surface area contributed by atoms with Crippen LogP contribution < -0.4 is 24.8 Å². The summed E-state index contributed by atoms with van der Waals surface area (Å²) in [6.07, 6.45) is 4.17. The number of aliphatic hydroxyl groups excluding tert-OH is 1. The van der Waals surface area contributed by atoms with Gasteiger partial charge in [0.2, 0.25) is 12.7 Å². The van der Waals surface area contributed by atoms with Crippen molar-refractivity contribution in [2.24, 2.45) is 5.92 Å². The van der Waals surface area contributed by atoms with Crippen LogP contribution in [0, 0.1) is 5.92 Å². The minimum atomic E-state index is -0.578. The molecule has 0 spiro atoms. The molecule has 38 heavy (non-hydrogen) atoms. The van der Waals surface area contributed by atoms with Gasteiger partial charge in [-0.25, -0.2) is 4.98 Å². The molecule has 202 valence electrons. The molecule has 1 aliphatic heterocycles. The average molecular weight is 538 g/mol. The van der Waals surface area contributed by atoms with Crippen LogP contribution in [0.25, 0.3) is 0 Å². The lowest BCUT2D eigenvalue weighted by molar-refractivity contribution is -0.118. The van der Waals surface area contributed by atoms with Crippen molar-refractivity contribution in [3.8, 4) is 17.2 Å². The fraction of sp³-hybridized carbons (Fsp3) is 0.448.